The summed E-state index contributed by atoms with van der Waals surface area (Å²) in [5.41, 5.74) is 2.26. The van der Waals surface area contributed by atoms with Gasteiger partial charge in [0.25, 0.3) is 0 Å². The van der Waals surface area contributed by atoms with Gasteiger partial charge in [0.2, 0.25) is 0 Å². The molecule has 0 spiro atoms. The third kappa shape index (κ3) is 2.16. The predicted molar refractivity (Wildman–Crippen MR) is 67.3 cm³/mol. The zero-order valence-corrected chi connectivity index (χ0v) is 9.55. The van der Waals surface area contributed by atoms with Gasteiger partial charge in [0.1, 0.15) is 5.75 Å². The first-order valence-electron chi connectivity index (χ1n) is 5.23. The van der Waals surface area contributed by atoms with E-state index >= 15 is 0 Å². The number of benzene rings is 1. The molecule has 0 atom stereocenters. The van der Waals surface area contributed by atoms with E-state index in [4.69, 9.17) is 4.74 Å². The molecule has 0 aliphatic carbocycles. The van der Waals surface area contributed by atoms with E-state index in [1.165, 1.54) is 5.69 Å². The molecular formula is C14H15NO. The van der Waals surface area contributed by atoms with Gasteiger partial charge in [-0.2, -0.15) is 0 Å². The third-order valence-corrected chi connectivity index (χ3v) is 2.56. The summed E-state index contributed by atoms with van der Waals surface area (Å²) in [6.07, 6.45) is 6.17. The molecule has 2 nitrogen and oxygen atoms in total. The first-order chi connectivity index (χ1) is 7.81. The average molecular weight is 213 g/mol. The van der Waals surface area contributed by atoms with Crippen molar-refractivity contribution in [2.75, 3.05) is 7.11 Å². The number of rotatable bonds is 3. The zero-order valence-electron chi connectivity index (χ0n) is 9.55. The Kier molecular flexibility index (Phi) is 3.10. The highest BCUT2D eigenvalue weighted by Gasteiger charge is 1.97. The molecule has 2 aromatic rings. The number of ether oxygens (including phenoxy) is 1. The van der Waals surface area contributed by atoms with Gasteiger partial charge in [-0.3, -0.25) is 0 Å². The molecule has 0 fully saturated rings. The van der Waals surface area contributed by atoms with Crippen LogP contribution in [0.4, 0.5) is 0 Å². The molecule has 82 valence electrons. The number of methoxy groups -OCH3 is 1. The molecule has 1 aromatic heterocycles. The van der Waals surface area contributed by atoms with Gasteiger partial charge in [0.15, 0.2) is 0 Å². The monoisotopic (exact) mass is 213 g/mol. The molecule has 0 aliphatic rings. The first-order valence-corrected chi connectivity index (χ1v) is 5.23. The van der Waals surface area contributed by atoms with Crippen LogP contribution in [-0.4, -0.2) is 11.7 Å². The number of hydrogen-bond donors (Lipinski definition) is 0. The van der Waals surface area contributed by atoms with Gasteiger partial charge < -0.3 is 9.30 Å². The van der Waals surface area contributed by atoms with Crippen molar-refractivity contribution in [3.63, 3.8) is 0 Å². The SMILES string of the molecule is COc1ccccc1/C=C/c1cccn1C. The third-order valence-electron chi connectivity index (χ3n) is 2.56. The molecule has 1 aromatic carbocycles. The molecule has 1 heterocycles. The molecule has 0 bridgehead atoms. The highest BCUT2D eigenvalue weighted by Crippen LogP contribution is 2.19. The molecule has 2 heteroatoms. The summed E-state index contributed by atoms with van der Waals surface area (Å²) in [6.45, 7) is 0. The summed E-state index contributed by atoms with van der Waals surface area (Å²) < 4.78 is 7.36. The van der Waals surface area contributed by atoms with Crippen molar-refractivity contribution in [1.82, 2.24) is 4.57 Å². The lowest BCUT2D eigenvalue weighted by molar-refractivity contribution is 0.414. The Balaban J connectivity index is 2.27. The van der Waals surface area contributed by atoms with E-state index in [1.807, 2.05) is 43.6 Å². The maximum atomic E-state index is 5.29. The number of para-hydroxylation sites is 1. The molecule has 0 N–H and O–H groups in total. The number of aryl methyl sites for hydroxylation is 1. The molecule has 0 radical (unpaired) electrons. The van der Waals surface area contributed by atoms with Gasteiger partial charge >= 0.3 is 0 Å². The Bertz CT molecular complexity index is 497. The fourth-order valence-corrected chi connectivity index (χ4v) is 1.63. The molecule has 16 heavy (non-hydrogen) atoms. The number of nitrogens with zero attached hydrogens (tertiary/aromatic N) is 1. The Labute approximate surface area is 95.8 Å². The maximum absolute atomic E-state index is 5.29. The van der Waals surface area contributed by atoms with Gasteiger partial charge in [0, 0.05) is 24.5 Å². The van der Waals surface area contributed by atoms with E-state index in [0.717, 1.165) is 11.3 Å². The fraction of sp³-hybridized carbons (Fsp3) is 0.143. The summed E-state index contributed by atoms with van der Waals surface area (Å²) in [5, 5.41) is 0. The predicted octanol–water partition coefficient (Wildman–Crippen LogP) is 3.20. The van der Waals surface area contributed by atoms with E-state index in [-0.39, 0.29) is 0 Å². The van der Waals surface area contributed by atoms with E-state index in [9.17, 15) is 0 Å². The molecule has 0 saturated carbocycles. The highest BCUT2D eigenvalue weighted by atomic mass is 16.5. The highest BCUT2D eigenvalue weighted by molar-refractivity contribution is 5.71. The molecule has 0 amide bonds. The van der Waals surface area contributed by atoms with Crippen LogP contribution in [0.2, 0.25) is 0 Å². The second-order valence-corrected chi connectivity index (χ2v) is 3.62. The quantitative estimate of drug-likeness (QED) is 0.763. The van der Waals surface area contributed by atoms with Crippen LogP contribution < -0.4 is 4.74 Å². The fourth-order valence-electron chi connectivity index (χ4n) is 1.63. The summed E-state index contributed by atoms with van der Waals surface area (Å²) in [7, 11) is 3.72. The van der Waals surface area contributed by atoms with Crippen LogP contribution in [-0.2, 0) is 7.05 Å². The summed E-state index contributed by atoms with van der Waals surface area (Å²) >= 11 is 0. The van der Waals surface area contributed by atoms with Gasteiger partial charge in [0.05, 0.1) is 7.11 Å². The minimum absolute atomic E-state index is 0.896. The zero-order chi connectivity index (χ0) is 11.4. The summed E-state index contributed by atoms with van der Waals surface area (Å²) in [6, 6.07) is 12.1. The Morgan fingerprint density at radius 1 is 1.06 bits per heavy atom. The standard InChI is InChI=1S/C14H15NO/c1-15-11-5-7-13(15)10-9-12-6-3-4-8-14(12)16-2/h3-11H,1-2H3/b10-9+. The normalized spacial score (nSPS) is 10.9. The van der Waals surface area contributed by atoms with E-state index in [1.54, 1.807) is 7.11 Å². The van der Waals surface area contributed by atoms with Crippen molar-refractivity contribution >= 4 is 12.2 Å². The van der Waals surface area contributed by atoms with Gasteiger partial charge in [-0.15, -0.1) is 0 Å². The molecule has 2 rings (SSSR count). The van der Waals surface area contributed by atoms with Crippen LogP contribution in [0, 0.1) is 0 Å². The lowest BCUT2D eigenvalue weighted by Crippen LogP contribution is -1.88. The minimum Gasteiger partial charge on any atom is -0.496 e. The number of aromatic nitrogens is 1. The first kappa shape index (κ1) is 10.6. The maximum Gasteiger partial charge on any atom is 0.126 e. The Morgan fingerprint density at radius 2 is 1.88 bits per heavy atom. The van der Waals surface area contributed by atoms with Gasteiger partial charge in [-0.1, -0.05) is 18.2 Å². The van der Waals surface area contributed by atoms with Crippen molar-refractivity contribution in [1.29, 1.82) is 0 Å². The van der Waals surface area contributed by atoms with Crippen LogP contribution in [0.1, 0.15) is 11.3 Å². The summed E-state index contributed by atoms with van der Waals surface area (Å²) in [4.78, 5) is 0. The van der Waals surface area contributed by atoms with Crippen LogP contribution in [0.3, 0.4) is 0 Å². The smallest absolute Gasteiger partial charge is 0.126 e. The van der Waals surface area contributed by atoms with Crippen molar-refractivity contribution in [3.8, 4) is 5.75 Å². The van der Waals surface area contributed by atoms with E-state index in [0.29, 0.717) is 0 Å². The minimum atomic E-state index is 0.896. The van der Waals surface area contributed by atoms with E-state index in [2.05, 4.69) is 22.8 Å². The molecule has 0 saturated heterocycles. The van der Waals surface area contributed by atoms with Crippen molar-refractivity contribution in [3.05, 3.63) is 53.9 Å². The second kappa shape index (κ2) is 4.71. The lowest BCUT2D eigenvalue weighted by atomic mass is 10.2. The Morgan fingerprint density at radius 3 is 2.56 bits per heavy atom. The van der Waals surface area contributed by atoms with Crippen LogP contribution >= 0.6 is 0 Å². The molecular weight excluding hydrogens is 198 g/mol. The Hall–Kier alpha value is -1.96. The van der Waals surface area contributed by atoms with E-state index < -0.39 is 0 Å². The second-order valence-electron chi connectivity index (χ2n) is 3.62. The van der Waals surface area contributed by atoms with Crippen LogP contribution in [0.25, 0.3) is 12.2 Å². The van der Waals surface area contributed by atoms with Crippen LogP contribution in [0.5, 0.6) is 5.75 Å². The van der Waals surface area contributed by atoms with Crippen molar-refractivity contribution < 1.29 is 4.74 Å². The van der Waals surface area contributed by atoms with Crippen molar-refractivity contribution in [2.24, 2.45) is 7.05 Å². The van der Waals surface area contributed by atoms with Crippen molar-refractivity contribution in [2.45, 2.75) is 0 Å². The molecule has 0 unspecified atom stereocenters. The molecule has 0 aliphatic heterocycles. The lowest BCUT2D eigenvalue weighted by Gasteiger charge is -2.03. The topological polar surface area (TPSA) is 14.2 Å². The number of hydrogen-bond acceptors (Lipinski definition) is 1. The summed E-state index contributed by atoms with van der Waals surface area (Å²) in [5.74, 6) is 0.896. The van der Waals surface area contributed by atoms with Gasteiger partial charge in [-0.05, 0) is 30.4 Å². The van der Waals surface area contributed by atoms with Crippen LogP contribution in [0.15, 0.2) is 42.6 Å². The largest absolute Gasteiger partial charge is 0.496 e. The average Bonchev–Trinajstić information content (AvgIpc) is 2.72. The van der Waals surface area contributed by atoms with Gasteiger partial charge in [-0.25, -0.2) is 0 Å².